The van der Waals surface area contributed by atoms with E-state index in [1.807, 2.05) is 19.1 Å². The highest BCUT2D eigenvalue weighted by molar-refractivity contribution is 5.90. The molecule has 1 amide bonds. The minimum Gasteiger partial charge on any atom is -0.416 e. The van der Waals surface area contributed by atoms with Crippen LogP contribution in [0.5, 0.6) is 0 Å². The van der Waals surface area contributed by atoms with Gasteiger partial charge in [0.05, 0.1) is 12.0 Å². The fourth-order valence-corrected chi connectivity index (χ4v) is 1.44. The number of aromatic nitrogens is 1. The third kappa shape index (κ3) is 2.58. The summed E-state index contributed by atoms with van der Waals surface area (Å²) in [4.78, 5) is 20.6. The van der Waals surface area contributed by atoms with Crippen LogP contribution in [0.4, 0.5) is 5.82 Å². The molecule has 2 heterocycles. The largest absolute Gasteiger partial charge is 0.416 e. The maximum absolute atomic E-state index is 11.7. The van der Waals surface area contributed by atoms with Crippen molar-refractivity contribution in [3.05, 3.63) is 36.7 Å². The first-order chi connectivity index (χ1) is 7.68. The quantitative estimate of drug-likeness (QED) is 0.802. The Morgan fingerprint density at radius 1 is 1.62 bits per heavy atom. The van der Waals surface area contributed by atoms with Gasteiger partial charge in [-0.3, -0.25) is 4.79 Å². The van der Waals surface area contributed by atoms with Gasteiger partial charge in [0.2, 0.25) is 5.91 Å². The fourth-order valence-electron chi connectivity index (χ4n) is 1.44. The molecule has 1 aliphatic rings. The highest BCUT2D eigenvalue weighted by Gasteiger charge is 2.28. The third-order valence-corrected chi connectivity index (χ3v) is 2.26. The summed E-state index contributed by atoms with van der Waals surface area (Å²) in [6.07, 6.45) is 5.27. The monoisotopic (exact) mass is 219 g/mol. The molecule has 1 aromatic heterocycles. The lowest BCUT2D eigenvalue weighted by atomic mass is 9.99. The predicted octanol–water partition coefficient (Wildman–Crippen LogP) is 1.22. The number of amides is 1. The molecule has 1 atom stereocenters. The van der Waals surface area contributed by atoms with Crippen molar-refractivity contribution in [1.29, 1.82) is 0 Å². The maximum atomic E-state index is 11.7. The lowest BCUT2D eigenvalue weighted by Gasteiger charge is -2.19. The Labute approximate surface area is 93.5 Å². The Morgan fingerprint density at radius 3 is 3.12 bits per heavy atom. The molecule has 0 bridgehead atoms. The number of pyridine rings is 1. The molecular formula is C11H13N3O2. The number of nitrogens with one attached hydrogen (secondary N) is 2. The summed E-state index contributed by atoms with van der Waals surface area (Å²) in [6, 6.07) is 5.36. The van der Waals surface area contributed by atoms with Crippen molar-refractivity contribution < 1.29 is 9.63 Å². The second-order valence-corrected chi connectivity index (χ2v) is 3.88. The standard InChI is InChI=1S/C11H13N3O2/c1-11(5-7-16-14-11)8-10(15)13-9-4-2-3-6-12-9/h2-7,14H,8H2,1H3,(H,12,13,15). The summed E-state index contributed by atoms with van der Waals surface area (Å²) in [5.74, 6) is 0.447. The van der Waals surface area contributed by atoms with Gasteiger partial charge in [-0.2, -0.15) is 0 Å². The van der Waals surface area contributed by atoms with Crippen molar-refractivity contribution in [1.82, 2.24) is 10.5 Å². The molecule has 1 aliphatic heterocycles. The number of anilines is 1. The first-order valence-corrected chi connectivity index (χ1v) is 4.99. The molecule has 0 spiro atoms. The van der Waals surface area contributed by atoms with Gasteiger partial charge in [0.1, 0.15) is 12.1 Å². The Kier molecular flexibility index (Phi) is 2.87. The normalized spacial score (nSPS) is 22.8. The molecular weight excluding hydrogens is 206 g/mol. The lowest BCUT2D eigenvalue weighted by molar-refractivity contribution is -0.117. The van der Waals surface area contributed by atoms with Gasteiger partial charge in [-0.15, -0.1) is 5.48 Å². The van der Waals surface area contributed by atoms with Crippen LogP contribution >= 0.6 is 0 Å². The van der Waals surface area contributed by atoms with Crippen LogP contribution in [0.25, 0.3) is 0 Å². The van der Waals surface area contributed by atoms with E-state index in [0.717, 1.165) is 0 Å². The Balaban J connectivity index is 1.92. The molecule has 5 nitrogen and oxygen atoms in total. The molecule has 2 N–H and O–H groups in total. The smallest absolute Gasteiger partial charge is 0.227 e. The molecule has 0 saturated heterocycles. The van der Waals surface area contributed by atoms with E-state index in [0.29, 0.717) is 12.2 Å². The second-order valence-electron chi connectivity index (χ2n) is 3.88. The second kappa shape index (κ2) is 4.32. The summed E-state index contributed by atoms with van der Waals surface area (Å²) >= 11 is 0. The molecule has 2 rings (SSSR count). The molecule has 84 valence electrons. The van der Waals surface area contributed by atoms with Crippen LogP contribution in [-0.4, -0.2) is 16.4 Å². The van der Waals surface area contributed by atoms with Gasteiger partial charge in [-0.1, -0.05) is 6.07 Å². The highest BCUT2D eigenvalue weighted by Crippen LogP contribution is 2.17. The van der Waals surface area contributed by atoms with Crippen molar-refractivity contribution in [2.24, 2.45) is 0 Å². The molecule has 5 heteroatoms. The zero-order chi connectivity index (χ0) is 11.4. The molecule has 1 unspecified atom stereocenters. The van der Waals surface area contributed by atoms with E-state index in [-0.39, 0.29) is 5.91 Å². The van der Waals surface area contributed by atoms with Crippen LogP contribution in [0.1, 0.15) is 13.3 Å². The maximum Gasteiger partial charge on any atom is 0.227 e. The van der Waals surface area contributed by atoms with Gasteiger partial charge < -0.3 is 10.2 Å². The topological polar surface area (TPSA) is 63.2 Å². The number of carbonyl (C=O) groups is 1. The predicted molar refractivity (Wildman–Crippen MR) is 59.2 cm³/mol. The van der Waals surface area contributed by atoms with E-state index in [1.54, 1.807) is 18.3 Å². The van der Waals surface area contributed by atoms with Crippen LogP contribution in [0.3, 0.4) is 0 Å². The number of hydrogen-bond acceptors (Lipinski definition) is 4. The van der Waals surface area contributed by atoms with E-state index in [4.69, 9.17) is 4.84 Å². The fraction of sp³-hybridized carbons (Fsp3) is 0.273. The molecule has 0 aliphatic carbocycles. The van der Waals surface area contributed by atoms with Crippen LogP contribution in [0.2, 0.25) is 0 Å². The van der Waals surface area contributed by atoms with E-state index >= 15 is 0 Å². The number of rotatable bonds is 3. The number of carbonyl (C=O) groups excluding carboxylic acids is 1. The molecule has 1 aromatic rings. The van der Waals surface area contributed by atoms with Gasteiger partial charge in [-0.25, -0.2) is 4.98 Å². The van der Waals surface area contributed by atoms with E-state index in [1.165, 1.54) is 6.26 Å². The summed E-state index contributed by atoms with van der Waals surface area (Å²) in [7, 11) is 0. The third-order valence-electron chi connectivity index (χ3n) is 2.26. The van der Waals surface area contributed by atoms with Gasteiger partial charge >= 0.3 is 0 Å². The van der Waals surface area contributed by atoms with E-state index in [2.05, 4.69) is 15.8 Å². The molecule has 0 aromatic carbocycles. The SMILES string of the molecule is CC1(CC(=O)Nc2ccccn2)C=CON1. The van der Waals surface area contributed by atoms with Crippen LogP contribution < -0.4 is 10.8 Å². The van der Waals surface area contributed by atoms with Gasteiger partial charge in [0.25, 0.3) is 0 Å². The Hall–Kier alpha value is -1.88. The van der Waals surface area contributed by atoms with Crippen molar-refractivity contribution in [3.8, 4) is 0 Å². The Morgan fingerprint density at radius 2 is 2.50 bits per heavy atom. The Bertz CT molecular complexity index is 405. The van der Waals surface area contributed by atoms with Crippen molar-refractivity contribution in [2.75, 3.05) is 5.32 Å². The van der Waals surface area contributed by atoms with Crippen molar-refractivity contribution >= 4 is 11.7 Å². The van der Waals surface area contributed by atoms with Gasteiger partial charge in [0, 0.05) is 6.20 Å². The van der Waals surface area contributed by atoms with Crippen LogP contribution in [0, 0.1) is 0 Å². The van der Waals surface area contributed by atoms with Gasteiger partial charge in [0.15, 0.2) is 0 Å². The minimum atomic E-state index is -0.446. The van der Waals surface area contributed by atoms with E-state index in [9.17, 15) is 4.79 Å². The molecule has 0 saturated carbocycles. The highest BCUT2D eigenvalue weighted by atomic mass is 16.6. The summed E-state index contributed by atoms with van der Waals surface area (Å²) < 4.78 is 0. The average Bonchev–Trinajstić information content (AvgIpc) is 2.66. The molecule has 0 radical (unpaired) electrons. The van der Waals surface area contributed by atoms with Crippen molar-refractivity contribution in [3.63, 3.8) is 0 Å². The van der Waals surface area contributed by atoms with Crippen LogP contribution in [-0.2, 0) is 9.63 Å². The average molecular weight is 219 g/mol. The first-order valence-electron chi connectivity index (χ1n) is 4.99. The minimum absolute atomic E-state index is 0.108. The number of hydroxylamine groups is 1. The summed E-state index contributed by atoms with van der Waals surface area (Å²) in [5.41, 5.74) is 2.31. The lowest BCUT2D eigenvalue weighted by Crippen LogP contribution is -2.39. The van der Waals surface area contributed by atoms with E-state index < -0.39 is 5.54 Å². The molecule has 0 fully saturated rings. The zero-order valence-electron chi connectivity index (χ0n) is 8.93. The summed E-state index contributed by atoms with van der Waals surface area (Å²) in [5, 5.41) is 2.71. The molecule has 16 heavy (non-hydrogen) atoms. The van der Waals surface area contributed by atoms with Crippen molar-refractivity contribution in [2.45, 2.75) is 18.9 Å². The number of hydrogen-bond donors (Lipinski definition) is 2. The van der Waals surface area contributed by atoms with Gasteiger partial charge in [-0.05, 0) is 25.1 Å². The summed E-state index contributed by atoms with van der Waals surface area (Å²) in [6.45, 7) is 1.88. The first kappa shape index (κ1) is 10.6. The zero-order valence-corrected chi connectivity index (χ0v) is 8.93. The van der Waals surface area contributed by atoms with Crippen LogP contribution in [0.15, 0.2) is 36.7 Å². The number of nitrogens with zero attached hydrogens (tertiary/aromatic N) is 1.